The van der Waals surface area contributed by atoms with Crippen molar-refractivity contribution in [1.82, 2.24) is 14.9 Å². The van der Waals surface area contributed by atoms with Crippen LogP contribution in [-0.2, 0) is 22.5 Å². The lowest BCUT2D eigenvalue weighted by Crippen LogP contribution is -2.44. The molecule has 0 bridgehead atoms. The number of nitrogens with one attached hydrogen (secondary N) is 2. The maximum Gasteiger partial charge on any atom is 0.334 e. The molecule has 0 saturated heterocycles. The fourth-order valence-corrected chi connectivity index (χ4v) is 5.07. The van der Waals surface area contributed by atoms with Gasteiger partial charge in [-0.1, -0.05) is 42.0 Å². The topological polar surface area (TPSA) is 123 Å². The van der Waals surface area contributed by atoms with Gasteiger partial charge in [0.2, 0.25) is 0 Å². The van der Waals surface area contributed by atoms with E-state index in [-0.39, 0.29) is 11.3 Å². The molecule has 4 N–H and O–H groups in total. The average molecular weight is 562 g/mol. The van der Waals surface area contributed by atoms with Gasteiger partial charge < -0.3 is 25.8 Å². The van der Waals surface area contributed by atoms with E-state index >= 15 is 0 Å². The number of allylic oxidation sites excluding steroid dienone is 1. The van der Waals surface area contributed by atoms with Crippen molar-refractivity contribution in [2.24, 2.45) is 0 Å². The van der Waals surface area contributed by atoms with Gasteiger partial charge in [-0.15, -0.1) is 0 Å². The minimum Gasteiger partial charge on any atom is -0.467 e. The van der Waals surface area contributed by atoms with Crippen molar-refractivity contribution in [3.05, 3.63) is 135 Å². The number of pyridine rings is 2. The summed E-state index contributed by atoms with van der Waals surface area (Å²) in [7, 11) is 1.33. The number of hydrogen-bond donors (Lipinski definition) is 3. The second-order valence-corrected chi connectivity index (χ2v) is 10.7. The standard InChI is InChI=1S/C34H35N5O3/c1-22-9-14-29(35)28(16-22)31(36)33(34(41)42-2)38-32(26-6-5-7-26)27-18-25(19-37-20-27)17-23-10-12-24(13-11-23)21-39-15-4-3-8-30(39)40/h3-4,8-16,18-20,33,36,38H,5-7,17,21,35H2,1-2H3. The monoisotopic (exact) mass is 561 g/mol. The van der Waals surface area contributed by atoms with Crippen molar-refractivity contribution in [2.75, 3.05) is 12.8 Å². The third kappa shape index (κ3) is 6.49. The van der Waals surface area contributed by atoms with E-state index in [2.05, 4.69) is 28.5 Å². The molecule has 1 unspecified atom stereocenters. The zero-order valence-corrected chi connectivity index (χ0v) is 23.9. The Balaban J connectivity index is 1.38. The van der Waals surface area contributed by atoms with Gasteiger partial charge in [-0.3, -0.25) is 9.78 Å². The number of methoxy groups -OCH3 is 1. The largest absolute Gasteiger partial charge is 0.467 e. The molecule has 1 fully saturated rings. The number of nitrogens with zero attached hydrogens (tertiary/aromatic N) is 2. The Bertz CT molecular complexity index is 1700. The molecule has 0 radical (unpaired) electrons. The van der Waals surface area contributed by atoms with Gasteiger partial charge >= 0.3 is 5.97 Å². The van der Waals surface area contributed by atoms with Gasteiger partial charge in [-0.2, -0.15) is 0 Å². The minimum atomic E-state index is -1.03. The number of carbonyl (C=O) groups excluding carboxylic acids is 1. The van der Waals surface area contributed by atoms with E-state index in [1.54, 1.807) is 35.2 Å². The summed E-state index contributed by atoms with van der Waals surface area (Å²) in [5.74, 6) is -0.555. The lowest BCUT2D eigenvalue weighted by Gasteiger charge is -2.27. The Hall–Kier alpha value is -4.98. The number of anilines is 1. The van der Waals surface area contributed by atoms with Crippen molar-refractivity contribution >= 4 is 23.1 Å². The fourth-order valence-electron chi connectivity index (χ4n) is 5.07. The molecule has 4 aromatic rings. The summed E-state index contributed by atoms with van der Waals surface area (Å²) in [6.07, 6.45) is 8.98. The van der Waals surface area contributed by atoms with Crippen molar-refractivity contribution in [3.8, 4) is 0 Å². The van der Waals surface area contributed by atoms with Crippen LogP contribution < -0.4 is 16.6 Å². The number of carbonyl (C=O) groups is 1. The molecule has 1 aliphatic carbocycles. The smallest absolute Gasteiger partial charge is 0.334 e. The van der Waals surface area contributed by atoms with Gasteiger partial charge in [0, 0.05) is 47.2 Å². The van der Waals surface area contributed by atoms with E-state index < -0.39 is 12.0 Å². The van der Waals surface area contributed by atoms with Crippen molar-refractivity contribution in [1.29, 1.82) is 5.41 Å². The molecule has 2 aromatic carbocycles. The number of hydrogen-bond acceptors (Lipinski definition) is 7. The molecular weight excluding hydrogens is 526 g/mol. The number of benzene rings is 2. The first-order valence-corrected chi connectivity index (χ1v) is 14.0. The van der Waals surface area contributed by atoms with Crippen LogP contribution in [0, 0.1) is 12.3 Å². The zero-order chi connectivity index (χ0) is 29.6. The van der Waals surface area contributed by atoms with E-state index in [4.69, 9.17) is 15.9 Å². The third-order valence-corrected chi connectivity index (χ3v) is 7.59. The van der Waals surface area contributed by atoms with Crippen LogP contribution in [0.5, 0.6) is 0 Å². The summed E-state index contributed by atoms with van der Waals surface area (Å²) in [6, 6.07) is 19.9. The summed E-state index contributed by atoms with van der Waals surface area (Å²) in [5, 5.41) is 12.3. The van der Waals surface area contributed by atoms with Crippen LogP contribution in [-0.4, -0.2) is 34.4 Å². The van der Waals surface area contributed by atoms with Crippen LogP contribution in [0.4, 0.5) is 5.69 Å². The molecule has 42 heavy (non-hydrogen) atoms. The highest BCUT2D eigenvalue weighted by atomic mass is 16.5. The highest BCUT2D eigenvalue weighted by molar-refractivity contribution is 6.16. The molecular formula is C34H35N5O3. The fraction of sp³-hybridized carbons (Fsp3) is 0.235. The molecule has 0 amide bonds. The molecule has 0 aliphatic heterocycles. The Morgan fingerprint density at radius 1 is 1.05 bits per heavy atom. The van der Waals surface area contributed by atoms with Crippen LogP contribution in [0.3, 0.4) is 0 Å². The zero-order valence-electron chi connectivity index (χ0n) is 23.9. The van der Waals surface area contributed by atoms with Gasteiger partial charge in [0.15, 0.2) is 6.04 Å². The van der Waals surface area contributed by atoms with Crippen LogP contribution in [0.2, 0.25) is 0 Å². The Morgan fingerprint density at radius 3 is 2.50 bits per heavy atom. The van der Waals surface area contributed by atoms with Gasteiger partial charge in [0.05, 0.1) is 19.4 Å². The van der Waals surface area contributed by atoms with Gasteiger partial charge in [-0.25, -0.2) is 4.79 Å². The van der Waals surface area contributed by atoms with Crippen molar-refractivity contribution < 1.29 is 9.53 Å². The maximum atomic E-state index is 13.0. The van der Waals surface area contributed by atoms with Gasteiger partial charge in [0.25, 0.3) is 5.56 Å². The lowest BCUT2D eigenvalue weighted by atomic mass is 9.87. The number of ether oxygens (including phenoxy) is 1. The van der Waals surface area contributed by atoms with E-state index in [0.717, 1.165) is 52.8 Å². The number of aromatic nitrogens is 2. The number of nitrogens with two attached hydrogens (primary N) is 1. The Labute approximate surface area is 245 Å². The second kappa shape index (κ2) is 12.7. The summed E-state index contributed by atoms with van der Waals surface area (Å²) >= 11 is 0. The van der Waals surface area contributed by atoms with E-state index in [0.29, 0.717) is 24.2 Å². The van der Waals surface area contributed by atoms with Crippen LogP contribution >= 0.6 is 0 Å². The molecule has 0 spiro atoms. The average Bonchev–Trinajstić information content (AvgIpc) is 2.97. The number of rotatable bonds is 10. The molecule has 1 saturated carbocycles. The molecule has 1 aliphatic rings. The number of aryl methyl sites for hydroxylation is 1. The van der Waals surface area contributed by atoms with Crippen LogP contribution in [0.15, 0.2) is 95.7 Å². The summed E-state index contributed by atoms with van der Waals surface area (Å²) in [5.41, 5.74) is 14.2. The molecule has 214 valence electrons. The maximum absolute atomic E-state index is 13.0. The van der Waals surface area contributed by atoms with Gasteiger partial charge in [-0.05, 0) is 79.1 Å². The Kier molecular flexibility index (Phi) is 8.62. The molecule has 5 rings (SSSR count). The third-order valence-electron chi connectivity index (χ3n) is 7.59. The first-order chi connectivity index (χ1) is 20.3. The summed E-state index contributed by atoms with van der Waals surface area (Å²) < 4.78 is 6.79. The summed E-state index contributed by atoms with van der Waals surface area (Å²) in [4.78, 5) is 29.5. The number of esters is 1. The Morgan fingerprint density at radius 2 is 1.81 bits per heavy atom. The van der Waals surface area contributed by atoms with E-state index in [1.165, 1.54) is 12.7 Å². The van der Waals surface area contributed by atoms with Crippen LogP contribution in [0.25, 0.3) is 5.70 Å². The van der Waals surface area contributed by atoms with E-state index in [1.807, 2.05) is 43.5 Å². The normalized spacial score (nSPS) is 13.1. The molecule has 8 nitrogen and oxygen atoms in total. The van der Waals surface area contributed by atoms with Crippen LogP contribution in [0.1, 0.15) is 52.6 Å². The lowest BCUT2D eigenvalue weighted by molar-refractivity contribution is -0.140. The number of nitrogen functional groups attached to an aromatic ring is 1. The van der Waals surface area contributed by atoms with Crippen molar-refractivity contribution in [3.63, 3.8) is 0 Å². The molecule has 1 atom stereocenters. The van der Waals surface area contributed by atoms with Gasteiger partial charge in [0.1, 0.15) is 0 Å². The highest BCUT2D eigenvalue weighted by Gasteiger charge is 2.29. The van der Waals surface area contributed by atoms with Crippen molar-refractivity contribution in [2.45, 2.75) is 45.2 Å². The minimum absolute atomic E-state index is 0.0265. The predicted molar refractivity (Wildman–Crippen MR) is 165 cm³/mol. The molecule has 2 aromatic heterocycles. The molecule has 2 heterocycles. The highest BCUT2D eigenvalue weighted by Crippen LogP contribution is 2.33. The first kappa shape index (κ1) is 28.5. The van der Waals surface area contributed by atoms with E-state index in [9.17, 15) is 9.59 Å². The quantitative estimate of drug-likeness (QED) is 0.144. The predicted octanol–water partition coefficient (Wildman–Crippen LogP) is 4.87. The SMILES string of the molecule is COC(=O)C(NC(=C1CCC1)c1cncc(Cc2ccc(Cn3ccccc3=O)cc2)c1)C(=N)c1cc(C)ccc1N. The second-order valence-electron chi connectivity index (χ2n) is 10.7. The molecule has 8 heteroatoms. The summed E-state index contributed by atoms with van der Waals surface area (Å²) in [6.45, 7) is 2.44. The first-order valence-electron chi connectivity index (χ1n) is 14.0.